The van der Waals surface area contributed by atoms with Crippen LogP contribution in [0.3, 0.4) is 0 Å². The van der Waals surface area contributed by atoms with Crippen molar-refractivity contribution >= 4 is 29.5 Å². The Morgan fingerprint density at radius 3 is 2.21 bits per heavy atom. The molecule has 12 nitrogen and oxygen atoms in total. The molecule has 0 spiro atoms. The van der Waals surface area contributed by atoms with Crippen molar-refractivity contribution in [2.45, 2.75) is 91.3 Å². The number of carbonyl (C=O) groups is 5. The van der Waals surface area contributed by atoms with Gasteiger partial charge in [-0.3, -0.25) is 24.0 Å². The van der Waals surface area contributed by atoms with E-state index >= 15 is 0 Å². The van der Waals surface area contributed by atoms with Crippen LogP contribution >= 0.6 is 0 Å². The summed E-state index contributed by atoms with van der Waals surface area (Å²) in [5.41, 5.74) is 1.73. The molecule has 2 heterocycles. The maximum absolute atomic E-state index is 13.5. The van der Waals surface area contributed by atoms with Crippen LogP contribution in [0.1, 0.15) is 82.5 Å². The number of ketones is 1. The van der Waals surface area contributed by atoms with Crippen LogP contribution in [0.5, 0.6) is 0 Å². The van der Waals surface area contributed by atoms with Crippen molar-refractivity contribution in [3.05, 3.63) is 35.7 Å². The van der Waals surface area contributed by atoms with Crippen molar-refractivity contribution in [2.24, 2.45) is 11.8 Å². The van der Waals surface area contributed by atoms with E-state index in [2.05, 4.69) is 20.8 Å². The fraction of sp³-hybridized carbons (Fsp3) is 0.567. The van der Waals surface area contributed by atoms with Crippen LogP contribution in [0.2, 0.25) is 0 Å². The van der Waals surface area contributed by atoms with Gasteiger partial charge < -0.3 is 25.1 Å². The van der Waals surface area contributed by atoms with E-state index in [-0.39, 0.29) is 48.3 Å². The molecule has 0 radical (unpaired) electrons. The molecule has 1 fully saturated rings. The number of Topliss-reactive ketones (excluding diaryl/α,β-unsaturated/α-hetero) is 1. The smallest absolute Gasteiger partial charge is 0.303 e. The van der Waals surface area contributed by atoms with Gasteiger partial charge in [0, 0.05) is 24.9 Å². The second kappa shape index (κ2) is 14.7. The van der Waals surface area contributed by atoms with Crippen LogP contribution in [-0.4, -0.2) is 74.3 Å². The minimum atomic E-state index is -0.951. The van der Waals surface area contributed by atoms with E-state index in [9.17, 15) is 24.0 Å². The molecule has 3 N–H and O–H groups in total. The Kier molecular flexibility index (Phi) is 11.3. The number of nitrogens with zero attached hydrogens (tertiary/aromatic N) is 3. The Labute approximate surface area is 245 Å². The largest absolute Gasteiger partial charge is 0.481 e. The van der Waals surface area contributed by atoms with E-state index in [0.29, 0.717) is 37.8 Å². The Bertz CT molecular complexity index is 1270. The first kappa shape index (κ1) is 32.4. The number of benzene rings is 1. The predicted molar refractivity (Wildman–Crippen MR) is 153 cm³/mol. The molecule has 1 aromatic heterocycles. The molecule has 3 amide bonds. The number of hydrogen-bond donors (Lipinski definition) is 3. The maximum atomic E-state index is 13.5. The lowest BCUT2D eigenvalue weighted by Crippen LogP contribution is -2.57. The van der Waals surface area contributed by atoms with E-state index in [4.69, 9.17) is 9.52 Å². The van der Waals surface area contributed by atoms with Crippen LogP contribution in [0.4, 0.5) is 0 Å². The Morgan fingerprint density at radius 1 is 0.952 bits per heavy atom. The molecule has 42 heavy (non-hydrogen) atoms. The number of amides is 3. The Balaban J connectivity index is 1.67. The molecule has 3 rings (SSSR count). The fourth-order valence-corrected chi connectivity index (χ4v) is 4.86. The molecule has 0 unspecified atom stereocenters. The van der Waals surface area contributed by atoms with E-state index in [1.54, 1.807) is 27.7 Å². The molecule has 3 atom stereocenters. The van der Waals surface area contributed by atoms with Gasteiger partial charge in [0.2, 0.25) is 29.4 Å². The summed E-state index contributed by atoms with van der Waals surface area (Å²) in [5.74, 6) is -3.17. The lowest BCUT2D eigenvalue weighted by molar-refractivity contribution is -0.142. The molecular weight excluding hydrogens is 542 g/mol. The van der Waals surface area contributed by atoms with E-state index in [1.165, 1.54) is 4.90 Å². The van der Waals surface area contributed by atoms with E-state index in [0.717, 1.165) is 5.56 Å². The van der Waals surface area contributed by atoms with Crippen molar-refractivity contribution in [1.82, 2.24) is 25.7 Å². The standard InChI is InChI=1S/C30H41N5O7/c1-17(2)24(26(39)29-34-33-28(42-29)20-14-12-19(5)13-15-20)32-27(40)21-9-8-16-35(21)30(41)25(18(3)4)31-22(36)10-6-7-11-23(37)38/h12-15,17-18,21,24-25H,6-11,16H2,1-5H3,(H,31,36)(H,32,40)(H,37,38)/t21-,24-,25-/m0/s1. The van der Waals surface area contributed by atoms with Gasteiger partial charge in [-0.25, -0.2) is 0 Å². The van der Waals surface area contributed by atoms with Gasteiger partial charge in [-0.2, -0.15) is 0 Å². The predicted octanol–water partition coefficient (Wildman–Crippen LogP) is 3.15. The number of unbranched alkanes of at least 4 members (excludes halogenated alkanes) is 1. The third-order valence-corrected chi connectivity index (χ3v) is 7.31. The van der Waals surface area contributed by atoms with Crippen molar-refractivity contribution in [3.63, 3.8) is 0 Å². The molecule has 1 aliphatic rings. The average Bonchev–Trinajstić information content (AvgIpc) is 3.63. The summed E-state index contributed by atoms with van der Waals surface area (Å²) in [6.07, 6.45) is 1.86. The van der Waals surface area contributed by atoms with Gasteiger partial charge in [0.15, 0.2) is 0 Å². The normalized spacial score (nSPS) is 16.4. The van der Waals surface area contributed by atoms with Crippen molar-refractivity contribution in [3.8, 4) is 11.5 Å². The first-order chi connectivity index (χ1) is 19.9. The summed E-state index contributed by atoms with van der Waals surface area (Å²) in [7, 11) is 0. The third kappa shape index (κ3) is 8.46. The summed E-state index contributed by atoms with van der Waals surface area (Å²) in [6.45, 7) is 9.49. The summed E-state index contributed by atoms with van der Waals surface area (Å²) in [4.78, 5) is 65.0. The van der Waals surface area contributed by atoms with Crippen LogP contribution < -0.4 is 10.6 Å². The summed E-state index contributed by atoms with van der Waals surface area (Å²) in [5, 5.41) is 22.3. The number of carboxylic acids is 1. The van der Waals surface area contributed by atoms with Crippen LogP contribution in [-0.2, 0) is 19.2 Å². The summed E-state index contributed by atoms with van der Waals surface area (Å²) < 4.78 is 5.65. The van der Waals surface area contributed by atoms with Crippen molar-refractivity contribution in [2.75, 3.05) is 6.54 Å². The molecule has 228 valence electrons. The molecule has 12 heteroatoms. The second-order valence-corrected chi connectivity index (χ2v) is 11.5. The minimum absolute atomic E-state index is 0.0231. The van der Waals surface area contributed by atoms with E-state index in [1.807, 2.05) is 31.2 Å². The van der Waals surface area contributed by atoms with Gasteiger partial charge in [-0.15, -0.1) is 10.2 Å². The zero-order chi connectivity index (χ0) is 31.0. The Hall–Kier alpha value is -4.09. The number of aryl methyl sites for hydroxylation is 1. The summed E-state index contributed by atoms with van der Waals surface area (Å²) >= 11 is 0. The van der Waals surface area contributed by atoms with Crippen molar-refractivity contribution in [1.29, 1.82) is 0 Å². The van der Waals surface area contributed by atoms with E-state index < -0.39 is 35.8 Å². The quantitative estimate of drug-likeness (QED) is 0.223. The molecule has 1 saturated heterocycles. The SMILES string of the molecule is Cc1ccc(-c2nnc(C(=O)[C@@H](NC(=O)[C@@H]3CCCN3C(=O)[C@@H](NC(=O)CCCCC(=O)O)C(C)C)C(C)C)o2)cc1. The van der Waals surface area contributed by atoms with Gasteiger partial charge in [-0.05, 0) is 56.6 Å². The number of nitrogens with one attached hydrogen (secondary N) is 2. The average molecular weight is 584 g/mol. The van der Waals surface area contributed by atoms with Crippen LogP contribution in [0, 0.1) is 18.8 Å². The summed E-state index contributed by atoms with van der Waals surface area (Å²) in [6, 6.07) is 4.83. The highest BCUT2D eigenvalue weighted by molar-refractivity contribution is 6.00. The molecular formula is C30H41N5O7. The highest BCUT2D eigenvalue weighted by Crippen LogP contribution is 2.23. The van der Waals surface area contributed by atoms with Gasteiger partial charge in [0.1, 0.15) is 12.1 Å². The van der Waals surface area contributed by atoms with Gasteiger partial charge >= 0.3 is 5.97 Å². The zero-order valence-electron chi connectivity index (χ0n) is 24.9. The molecule has 0 bridgehead atoms. The highest BCUT2D eigenvalue weighted by Gasteiger charge is 2.40. The highest BCUT2D eigenvalue weighted by atomic mass is 16.4. The number of rotatable bonds is 14. The number of carbonyl (C=O) groups excluding carboxylic acids is 4. The number of likely N-dealkylation sites (tertiary alicyclic amines) is 1. The van der Waals surface area contributed by atoms with Gasteiger partial charge in [0.05, 0.1) is 6.04 Å². The second-order valence-electron chi connectivity index (χ2n) is 11.5. The van der Waals surface area contributed by atoms with Crippen LogP contribution in [0.15, 0.2) is 28.7 Å². The first-order valence-corrected chi connectivity index (χ1v) is 14.5. The van der Waals surface area contributed by atoms with Gasteiger partial charge in [0.25, 0.3) is 5.89 Å². The maximum Gasteiger partial charge on any atom is 0.303 e. The molecule has 0 saturated carbocycles. The lowest BCUT2D eigenvalue weighted by Gasteiger charge is -2.31. The van der Waals surface area contributed by atoms with Crippen molar-refractivity contribution < 1.29 is 33.5 Å². The third-order valence-electron chi connectivity index (χ3n) is 7.31. The number of carboxylic acid groups (broad SMARTS) is 1. The van der Waals surface area contributed by atoms with Gasteiger partial charge in [-0.1, -0.05) is 45.4 Å². The molecule has 2 aromatic rings. The van der Waals surface area contributed by atoms with Crippen LogP contribution in [0.25, 0.3) is 11.5 Å². The fourth-order valence-electron chi connectivity index (χ4n) is 4.86. The number of hydrogen-bond acceptors (Lipinski definition) is 8. The Morgan fingerprint density at radius 2 is 1.60 bits per heavy atom. The lowest BCUT2D eigenvalue weighted by atomic mass is 9.98. The zero-order valence-corrected chi connectivity index (χ0v) is 24.9. The minimum Gasteiger partial charge on any atom is -0.481 e. The topological polar surface area (TPSA) is 172 Å². The monoisotopic (exact) mass is 583 g/mol. The molecule has 1 aromatic carbocycles. The molecule has 0 aliphatic carbocycles. The molecule has 1 aliphatic heterocycles. The number of aromatic nitrogens is 2. The first-order valence-electron chi connectivity index (χ1n) is 14.5. The number of aliphatic carboxylic acids is 1.